The lowest BCUT2D eigenvalue weighted by Gasteiger charge is -2.07. The Bertz CT molecular complexity index is 663. The zero-order valence-electron chi connectivity index (χ0n) is 12.0. The van der Waals surface area contributed by atoms with Crippen molar-refractivity contribution in [2.24, 2.45) is 0 Å². The van der Waals surface area contributed by atoms with E-state index in [1.807, 2.05) is 12.1 Å². The number of rotatable bonds is 5. The van der Waals surface area contributed by atoms with Gasteiger partial charge in [0.15, 0.2) is 5.78 Å². The van der Waals surface area contributed by atoms with Gasteiger partial charge in [0.1, 0.15) is 5.82 Å². The summed E-state index contributed by atoms with van der Waals surface area (Å²) in [5, 5.41) is 0. The van der Waals surface area contributed by atoms with Gasteiger partial charge in [-0.1, -0.05) is 50.2 Å². The molecule has 0 aromatic heterocycles. The molecular formula is C17H17FO2S. The smallest absolute Gasteiger partial charge is 0.175 e. The number of ketones is 1. The van der Waals surface area contributed by atoms with Gasteiger partial charge in [0.05, 0.1) is 21.4 Å². The molecule has 2 aromatic rings. The predicted octanol–water partition coefficient (Wildman–Crippen LogP) is 3.94. The van der Waals surface area contributed by atoms with Crippen LogP contribution in [0, 0.1) is 5.82 Å². The highest BCUT2D eigenvalue weighted by molar-refractivity contribution is 7.85. The molecule has 0 aliphatic carbocycles. The Morgan fingerprint density at radius 2 is 1.71 bits per heavy atom. The van der Waals surface area contributed by atoms with E-state index in [9.17, 15) is 13.4 Å². The summed E-state index contributed by atoms with van der Waals surface area (Å²) >= 11 is 0. The number of benzene rings is 2. The Morgan fingerprint density at radius 1 is 1.10 bits per heavy atom. The van der Waals surface area contributed by atoms with Crippen molar-refractivity contribution in [3.05, 3.63) is 65.5 Å². The Hall–Kier alpha value is -1.81. The first-order valence-corrected chi connectivity index (χ1v) is 8.07. The van der Waals surface area contributed by atoms with Crippen molar-refractivity contribution < 1.29 is 13.4 Å². The Balaban J connectivity index is 2.11. The summed E-state index contributed by atoms with van der Waals surface area (Å²) in [5.74, 6) is -0.602. The number of carbonyl (C=O) groups excluding carboxylic acids is 1. The molecule has 2 aromatic carbocycles. The zero-order valence-corrected chi connectivity index (χ0v) is 12.8. The lowest BCUT2D eigenvalue weighted by Crippen LogP contribution is -2.12. The monoisotopic (exact) mass is 304 g/mol. The highest BCUT2D eigenvalue weighted by Gasteiger charge is 2.15. The van der Waals surface area contributed by atoms with Crippen LogP contribution in [0.15, 0.2) is 53.4 Å². The van der Waals surface area contributed by atoms with Crippen molar-refractivity contribution in [2.45, 2.75) is 24.7 Å². The molecule has 0 fully saturated rings. The molecular weight excluding hydrogens is 287 g/mol. The third kappa shape index (κ3) is 3.85. The average molecular weight is 304 g/mol. The van der Waals surface area contributed by atoms with E-state index in [-0.39, 0.29) is 16.4 Å². The first-order chi connectivity index (χ1) is 9.99. The standard InChI is InChI=1S/C17H17FO2S/c1-12(2)13-7-9-14(10-8-13)16(19)11-21(20)17-6-4-3-5-15(17)18/h3-10,12H,11H2,1-2H3. The number of hydrogen-bond donors (Lipinski definition) is 0. The first-order valence-electron chi connectivity index (χ1n) is 6.75. The number of halogens is 1. The second kappa shape index (κ2) is 6.76. The van der Waals surface area contributed by atoms with Gasteiger partial charge in [-0.25, -0.2) is 4.39 Å². The third-order valence-electron chi connectivity index (χ3n) is 3.24. The normalized spacial score (nSPS) is 12.4. The molecule has 0 saturated heterocycles. The molecule has 1 atom stereocenters. The second-order valence-electron chi connectivity index (χ2n) is 5.12. The molecule has 4 heteroatoms. The minimum atomic E-state index is -1.66. The maximum Gasteiger partial charge on any atom is 0.175 e. The van der Waals surface area contributed by atoms with E-state index in [1.54, 1.807) is 18.2 Å². The third-order valence-corrected chi connectivity index (χ3v) is 4.59. The molecule has 0 saturated carbocycles. The van der Waals surface area contributed by atoms with Crippen molar-refractivity contribution in [1.29, 1.82) is 0 Å². The van der Waals surface area contributed by atoms with Crippen molar-refractivity contribution in [3.63, 3.8) is 0 Å². The van der Waals surface area contributed by atoms with Gasteiger partial charge in [-0.15, -0.1) is 0 Å². The Morgan fingerprint density at radius 3 is 2.29 bits per heavy atom. The van der Waals surface area contributed by atoms with Crippen LogP contribution in [0.1, 0.15) is 35.7 Å². The van der Waals surface area contributed by atoms with Gasteiger partial charge in [-0.2, -0.15) is 0 Å². The molecule has 110 valence electrons. The second-order valence-corrected chi connectivity index (χ2v) is 6.54. The maximum atomic E-state index is 13.5. The van der Waals surface area contributed by atoms with Crippen LogP contribution in [0.2, 0.25) is 0 Å². The lowest BCUT2D eigenvalue weighted by molar-refractivity contribution is 0.102. The minimum absolute atomic E-state index is 0.0738. The average Bonchev–Trinajstić information content (AvgIpc) is 2.47. The fourth-order valence-electron chi connectivity index (χ4n) is 1.96. The fraction of sp³-hybridized carbons (Fsp3) is 0.235. The van der Waals surface area contributed by atoms with E-state index in [0.29, 0.717) is 11.5 Å². The summed E-state index contributed by atoms with van der Waals surface area (Å²) in [7, 11) is -1.66. The van der Waals surface area contributed by atoms with Crippen LogP contribution in [0.4, 0.5) is 4.39 Å². The summed E-state index contributed by atoms with van der Waals surface area (Å²) in [5.41, 5.74) is 1.64. The topological polar surface area (TPSA) is 34.1 Å². The maximum absolute atomic E-state index is 13.5. The van der Waals surface area contributed by atoms with Crippen LogP contribution < -0.4 is 0 Å². The van der Waals surface area contributed by atoms with Crippen LogP contribution in [-0.2, 0) is 10.8 Å². The number of Topliss-reactive ketones (excluding diaryl/α,β-unsaturated/α-hetero) is 1. The summed E-state index contributed by atoms with van der Waals surface area (Å²) in [6.45, 7) is 4.15. The molecule has 2 nitrogen and oxygen atoms in total. The van der Waals surface area contributed by atoms with Crippen molar-refractivity contribution in [1.82, 2.24) is 0 Å². The molecule has 0 heterocycles. The first kappa shape index (κ1) is 15.6. The highest BCUT2D eigenvalue weighted by atomic mass is 32.2. The van der Waals surface area contributed by atoms with Gasteiger partial charge in [0, 0.05) is 5.56 Å². The Labute approximate surface area is 126 Å². The van der Waals surface area contributed by atoms with Crippen molar-refractivity contribution >= 4 is 16.6 Å². The summed E-state index contributed by atoms with van der Waals surface area (Å²) in [6.07, 6.45) is 0. The molecule has 0 radical (unpaired) electrons. The number of carbonyl (C=O) groups is 1. The molecule has 0 spiro atoms. The van der Waals surface area contributed by atoms with Crippen LogP contribution in [-0.4, -0.2) is 15.7 Å². The van der Waals surface area contributed by atoms with Crippen LogP contribution in [0.3, 0.4) is 0 Å². The van der Waals surface area contributed by atoms with Crippen LogP contribution in [0.25, 0.3) is 0 Å². The fourth-order valence-corrected chi connectivity index (χ4v) is 3.04. The molecule has 21 heavy (non-hydrogen) atoms. The van der Waals surface area contributed by atoms with Crippen molar-refractivity contribution in [2.75, 3.05) is 5.75 Å². The molecule has 2 rings (SSSR count). The SMILES string of the molecule is CC(C)c1ccc(C(=O)CS(=O)c2ccccc2F)cc1. The van der Waals surface area contributed by atoms with Crippen LogP contribution >= 0.6 is 0 Å². The molecule has 0 bridgehead atoms. The molecule has 0 aliphatic rings. The molecule has 0 aliphatic heterocycles. The molecule has 0 N–H and O–H groups in total. The van der Waals surface area contributed by atoms with E-state index in [1.165, 1.54) is 18.2 Å². The van der Waals surface area contributed by atoms with E-state index >= 15 is 0 Å². The zero-order chi connectivity index (χ0) is 15.4. The van der Waals surface area contributed by atoms with Gasteiger partial charge < -0.3 is 0 Å². The lowest BCUT2D eigenvalue weighted by atomic mass is 10.0. The van der Waals surface area contributed by atoms with E-state index < -0.39 is 16.6 Å². The van der Waals surface area contributed by atoms with Gasteiger partial charge in [0.25, 0.3) is 0 Å². The van der Waals surface area contributed by atoms with Gasteiger partial charge >= 0.3 is 0 Å². The Kier molecular flexibility index (Phi) is 5.02. The number of hydrogen-bond acceptors (Lipinski definition) is 2. The van der Waals surface area contributed by atoms with E-state index in [2.05, 4.69) is 13.8 Å². The summed E-state index contributed by atoms with van der Waals surface area (Å²) < 4.78 is 25.6. The van der Waals surface area contributed by atoms with E-state index in [4.69, 9.17) is 0 Å². The minimum Gasteiger partial charge on any atom is -0.293 e. The van der Waals surface area contributed by atoms with Gasteiger partial charge in [0.2, 0.25) is 0 Å². The van der Waals surface area contributed by atoms with Crippen molar-refractivity contribution in [3.8, 4) is 0 Å². The summed E-state index contributed by atoms with van der Waals surface area (Å²) in [4.78, 5) is 12.2. The quantitative estimate of drug-likeness (QED) is 0.784. The largest absolute Gasteiger partial charge is 0.293 e. The van der Waals surface area contributed by atoms with E-state index in [0.717, 1.165) is 5.56 Å². The van der Waals surface area contributed by atoms with Gasteiger partial charge in [-0.05, 0) is 23.6 Å². The van der Waals surface area contributed by atoms with Crippen LogP contribution in [0.5, 0.6) is 0 Å². The van der Waals surface area contributed by atoms with Gasteiger partial charge in [-0.3, -0.25) is 9.00 Å². The molecule has 0 amide bonds. The highest BCUT2D eigenvalue weighted by Crippen LogP contribution is 2.16. The predicted molar refractivity (Wildman–Crippen MR) is 82.5 cm³/mol. The molecule has 1 unspecified atom stereocenters. The summed E-state index contributed by atoms with van der Waals surface area (Å²) in [6, 6.07) is 13.1.